The molecular formula is C18H25N5O2. The quantitative estimate of drug-likeness (QED) is 0.829. The molecule has 3 rings (SSSR count). The molecule has 7 heteroatoms. The normalized spacial score (nSPS) is 17.0. The van der Waals surface area contributed by atoms with Crippen LogP contribution in [0.4, 0.5) is 0 Å². The molecular weight excluding hydrogens is 318 g/mol. The molecule has 0 saturated carbocycles. The predicted octanol–water partition coefficient (Wildman–Crippen LogP) is 1.93. The van der Waals surface area contributed by atoms with Gasteiger partial charge in [0.15, 0.2) is 0 Å². The molecule has 0 spiro atoms. The molecule has 0 saturated heterocycles. The Bertz CT molecular complexity index is 738. The van der Waals surface area contributed by atoms with Crippen molar-refractivity contribution in [1.29, 1.82) is 0 Å². The zero-order chi connectivity index (χ0) is 18.0. The first-order chi connectivity index (χ1) is 12.0. The highest BCUT2D eigenvalue weighted by molar-refractivity contribution is 5.92. The first kappa shape index (κ1) is 17.5. The highest BCUT2D eigenvalue weighted by Crippen LogP contribution is 2.28. The summed E-state index contributed by atoms with van der Waals surface area (Å²) in [6, 6.07) is 0. The highest BCUT2D eigenvalue weighted by atomic mass is 16.5. The molecule has 0 N–H and O–H groups in total. The molecule has 1 atom stereocenters. The lowest BCUT2D eigenvalue weighted by Gasteiger charge is -2.32. The average molecular weight is 343 g/mol. The minimum atomic E-state index is -0.113. The van der Waals surface area contributed by atoms with Crippen LogP contribution in [-0.2, 0) is 18.3 Å². The van der Waals surface area contributed by atoms with Crippen molar-refractivity contribution in [2.24, 2.45) is 13.0 Å². The van der Waals surface area contributed by atoms with Crippen LogP contribution in [0.1, 0.15) is 47.3 Å². The van der Waals surface area contributed by atoms with Gasteiger partial charge in [-0.05, 0) is 12.8 Å². The Labute approximate surface area is 148 Å². The Morgan fingerprint density at radius 3 is 2.80 bits per heavy atom. The summed E-state index contributed by atoms with van der Waals surface area (Å²) in [6.07, 6.45) is 4.96. The van der Waals surface area contributed by atoms with E-state index in [4.69, 9.17) is 4.74 Å². The number of rotatable bonds is 5. The maximum atomic E-state index is 12.8. The Hall–Kier alpha value is -2.28. The Kier molecular flexibility index (Phi) is 5.13. The van der Waals surface area contributed by atoms with Crippen LogP contribution in [0.3, 0.4) is 0 Å². The highest BCUT2D eigenvalue weighted by Gasteiger charge is 2.32. The van der Waals surface area contributed by atoms with Gasteiger partial charge >= 0.3 is 0 Å². The van der Waals surface area contributed by atoms with Crippen molar-refractivity contribution >= 4 is 5.91 Å². The maximum Gasteiger partial charge on any atom is 0.274 e. The van der Waals surface area contributed by atoms with Gasteiger partial charge in [-0.1, -0.05) is 13.8 Å². The van der Waals surface area contributed by atoms with E-state index < -0.39 is 0 Å². The van der Waals surface area contributed by atoms with E-state index in [1.54, 1.807) is 17.4 Å². The second-order valence-electron chi connectivity index (χ2n) is 7.04. The van der Waals surface area contributed by atoms with Gasteiger partial charge in [0.25, 0.3) is 5.91 Å². The summed E-state index contributed by atoms with van der Waals surface area (Å²) in [6.45, 7) is 8.48. The average Bonchev–Trinajstić information content (AvgIpc) is 2.96. The molecule has 134 valence electrons. The van der Waals surface area contributed by atoms with E-state index >= 15 is 0 Å². The number of aromatic nitrogens is 4. The van der Waals surface area contributed by atoms with Gasteiger partial charge in [-0.3, -0.25) is 9.78 Å². The SMILES string of the molecule is Cc1cnc(C(=O)N2Cc3ncn(C)c3[C@@H](COCC(C)C)C2)cn1. The Morgan fingerprint density at radius 1 is 1.32 bits per heavy atom. The molecule has 7 nitrogen and oxygen atoms in total. The smallest absolute Gasteiger partial charge is 0.274 e. The van der Waals surface area contributed by atoms with Crippen molar-refractivity contribution < 1.29 is 9.53 Å². The Morgan fingerprint density at radius 2 is 2.12 bits per heavy atom. The first-order valence-corrected chi connectivity index (χ1v) is 8.61. The molecule has 3 heterocycles. The van der Waals surface area contributed by atoms with Crippen LogP contribution in [0.15, 0.2) is 18.7 Å². The standard InChI is InChI=1S/C18H25N5O2/c1-12(2)9-25-10-14-7-23(8-16-17(14)22(4)11-21-16)18(24)15-6-19-13(3)5-20-15/h5-6,11-12,14H,7-10H2,1-4H3/t14-/m1/s1. The number of aryl methyl sites for hydroxylation is 2. The fraction of sp³-hybridized carbons (Fsp3) is 0.556. The topological polar surface area (TPSA) is 73.1 Å². The number of imidazole rings is 1. The molecule has 0 radical (unpaired) electrons. The van der Waals surface area contributed by atoms with E-state index in [1.165, 1.54) is 6.20 Å². The summed E-state index contributed by atoms with van der Waals surface area (Å²) >= 11 is 0. The number of amides is 1. The van der Waals surface area contributed by atoms with Gasteiger partial charge in [0.2, 0.25) is 0 Å². The van der Waals surface area contributed by atoms with E-state index in [0.717, 1.165) is 17.1 Å². The lowest BCUT2D eigenvalue weighted by Crippen LogP contribution is -2.40. The van der Waals surface area contributed by atoms with E-state index in [9.17, 15) is 4.79 Å². The van der Waals surface area contributed by atoms with Crippen LogP contribution < -0.4 is 0 Å². The van der Waals surface area contributed by atoms with Gasteiger partial charge < -0.3 is 14.2 Å². The summed E-state index contributed by atoms with van der Waals surface area (Å²) < 4.78 is 7.89. The summed E-state index contributed by atoms with van der Waals surface area (Å²) in [7, 11) is 1.99. The molecule has 0 fully saturated rings. The van der Waals surface area contributed by atoms with Crippen LogP contribution in [0.2, 0.25) is 0 Å². The third kappa shape index (κ3) is 3.87. The van der Waals surface area contributed by atoms with Gasteiger partial charge in [0.05, 0.1) is 37.1 Å². The molecule has 2 aromatic heterocycles. The molecule has 2 aromatic rings. The van der Waals surface area contributed by atoms with E-state index in [2.05, 4.69) is 28.8 Å². The number of hydrogen-bond acceptors (Lipinski definition) is 5. The van der Waals surface area contributed by atoms with Gasteiger partial charge in [0, 0.05) is 38.0 Å². The summed E-state index contributed by atoms with van der Waals surface area (Å²) in [5.74, 6) is 0.477. The number of fused-ring (bicyclic) bond motifs is 1. The lowest BCUT2D eigenvalue weighted by molar-refractivity contribution is 0.0587. The van der Waals surface area contributed by atoms with Crippen LogP contribution in [0.5, 0.6) is 0 Å². The second-order valence-corrected chi connectivity index (χ2v) is 7.04. The molecule has 1 aliphatic rings. The van der Waals surface area contributed by atoms with Crippen molar-refractivity contribution in [3.8, 4) is 0 Å². The van der Waals surface area contributed by atoms with Crippen LogP contribution in [0.25, 0.3) is 0 Å². The van der Waals surface area contributed by atoms with E-state index in [0.29, 0.717) is 37.9 Å². The zero-order valence-corrected chi connectivity index (χ0v) is 15.3. The van der Waals surface area contributed by atoms with Crippen LogP contribution in [-0.4, -0.2) is 50.1 Å². The number of ether oxygens (including phenoxy) is 1. The first-order valence-electron chi connectivity index (χ1n) is 8.61. The second kappa shape index (κ2) is 7.31. The van der Waals surface area contributed by atoms with E-state index in [1.807, 2.05) is 18.5 Å². The molecule has 0 bridgehead atoms. The maximum absolute atomic E-state index is 12.8. The van der Waals surface area contributed by atoms with Crippen molar-refractivity contribution in [3.05, 3.63) is 41.5 Å². The van der Waals surface area contributed by atoms with Crippen molar-refractivity contribution in [1.82, 2.24) is 24.4 Å². The number of carbonyl (C=O) groups is 1. The van der Waals surface area contributed by atoms with Gasteiger partial charge in [0.1, 0.15) is 5.69 Å². The molecule has 1 amide bonds. The van der Waals surface area contributed by atoms with Crippen molar-refractivity contribution in [2.75, 3.05) is 19.8 Å². The number of nitrogens with zero attached hydrogens (tertiary/aromatic N) is 5. The third-order valence-electron chi connectivity index (χ3n) is 4.29. The Balaban J connectivity index is 1.78. The molecule has 25 heavy (non-hydrogen) atoms. The van der Waals surface area contributed by atoms with E-state index in [-0.39, 0.29) is 11.8 Å². The molecule has 0 unspecified atom stereocenters. The zero-order valence-electron chi connectivity index (χ0n) is 15.3. The largest absolute Gasteiger partial charge is 0.380 e. The molecule has 1 aliphatic heterocycles. The van der Waals surface area contributed by atoms with Crippen molar-refractivity contribution in [2.45, 2.75) is 33.2 Å². The number of carbonyl (C=O) groups excluding carboxylic acids is 1. The lowest BCUT2D eigenvalue weighted by atomic mass is 9.98. The van der Waals surface area contributed by atoms with Crippen molar-refractivity contribution in [3.63, 3.8) is 0 Å². The summed E-state index contributed by atoms with van der Waals surface area (Å²) in [5, 5.41) is 0. The number of hydrogen-bond donors (Lipinski definition) is 0. The predicted molar refractivity (Wildman–Crippen MR) is 93.1 cm³/mol. The monoisotopic (exact) mass is 343 g/mol. The minimum absolute atomic E-state index is 0.109. The summed E-state index contributed by atoms with van der Waals surface area (Å²) in [4.78, 5) is 27.5. The molecule has 0 aromatic carbocycles. The van der Waals surface area contributed by atoms with Gasteiger partial charge in [-0.2, -0.15) is 0 Å². The fourth-order valence-corrected chi connectivity index (χ4v) is 3.13. The molecule has 0 aliphatic carbocycles. The van der Waals surface area contributed by atoms with Gasteiger partial charge in [-0.15, -0.1) is 0 Å². The van der Waals surface area contributed by atoms with Gasteiger partial charge in [-0.25, -0.2) is 9.97 Å². The van der Waals surface area contributed by atoms with Crippen LogP contribution in [0, 0.1) is 12.8 Å². The van der Waals surface area contributed by atoms with Crippen LogP contribution >= 0.6 is 0 Å². The summed E-state index contributed by atoms with van der Waals surface area (Å²) in [5.41, 5.74) is 3.25. The fourth-order valence-electron chi connectivity index (χ4n) is 3.13. The minimum Gasteiger partial charge on any atom is -0.380 e. The third-order valence-corrected chi connectivity index (χ3v) is 4.29.